The minimum Gasteiger partial charge on any atom is -0.494 e. The number of ether oxygens (including phenoxy) is 1. The normalized spacial score (nSPS) is 21.5. The number of nitrogens with zero attached hydrogens (tertiary/aromatic N) is 2. The molecule has 0 saturated carbocycles. The van der Waals surface area contributed by atoms with Gasteiger partial charge < -0.3 is 9.64 Å². The third-order valence-electron chi connectivity index (χ3n) is 1.77. The Morgan fingerprint density at radius 3 is 2.60 bits per heavy atom. The Kier molecular flexibility index (Phi) is 3.71. The van der Waals surface area contributed by atoms with Crippen LogP contribution in [0, 0.1) is 0 Å². The SMILES string of the molecule is COC1=CN(C)C(NOC(C)(C)C)N=C1. The number of hydrogen-bond acceptors (Lipinski definition) is 5. The van der Waals surface area contributed by atoms with Crippen LogP contribution in [0.5, 0.6) is 0 Å². The highest BCUT2D eigenvalue weighted by Gasteiger charge is 2.18. The first-order chi connectivity index (χ1) is 6.92. The molecule has 1 atom stereocenters. The smallest absolute Gasteiger partial charge is 0.197 e. The summed E-state index contributed by atoms with van der Waals surface area (Å²) in [5, 5.41) is 0. The van der Waals surface area contributed by atoms with E-state index in [-0.39, 0.29) is 11.9 Å². The van der Waals surface area contributed by atoms with E-state index in [1.807, 2.05) is 38.9 Å². The maximum atomic E-state index is 5.43. The van der Waals surface area contributed by atoms with Gasteiger partial charge in [0.1, 0.15) is 0 Å². The van der Waals surface area contributed by atoms with Crippen LogP contribution in [0.3, 0.4) is 0 Å². The summed E-state index contributed by atoms with van der Waals surface area (Å²) in [5.74, 6) is 0.728. The molecule has 0 radical (unpaired) electrons. The van der Waals surface area contributed by atoms with Gasteiger partial charge in [-0.2, -0.15) is 5.48 Å². The first kappa shape index (κ1) is 12.0. The van der Waals surface area contributed by atoms with Crippen molar-refractivity contribution < 1.29 is 9.57 Å². The molecule has 0 aliphatic carbocycles. The van der Waals surface area contributed by atoms with Crippen molar-refractivity contribution in [1.29, 1.82) is 0 Å². The molecule has 1 rings (SSSR count). The third-order valence-corrected chi connectivity index (χ3v) is 1.77. The molecule has 0 fully saturated rings. The second kappa shape index (κ2) is 4.63. The fourth-order valence-electron chi connectivity index (χ4n) is 1.00. The van der Waals surface area contributed by atoms with Crippen molar-refractivity contribution in [2.45, 2.75) is 32.7 Å². The van der Waals surface area contributed by atoms with Gasteiger partial charge in [-0.3, -0.25) is 4.84 Å². The van der Waals surface area contributed by atoms with E-state index in [1.165, 1.54) is 0 Å². The molecule has 0 amide bonds. The van der Waals surface area contributed by atoms with Crippen LogP contribution in [-0.4, -0.2) is 37.2 Å². The zero-order valence-electron chi connectivity index (χ0n) is 9.94. The molecule has 0 bridgehead atoms. The molecule has 0 saturated heterocycles. The van der Waals surface area contributed by atoms with Gasteiger partial charge in [0.15, 0.2) is 12.0 Å². The van der Waals surface area contributed by atoms with Gasteiger partial charge in [-0.15, -0.1) is 0 Å². The van der Waals surface area contributed by atoms with Crippen LogP contribution in [0.15, 0.2) is 17.0 Å². The number of methoxy groups -OCH3 is 1. The lowest BCUT2D eigenvalue weighted by molar-refractivity contribution is -0.105. The largest absolute Gasteiger partial charge is 0.494 e. The molecular formula is C10H19N3O2. The first-order valence-corrected chi connectivity index (χ1v) is 4.87. The molecular weight excluding hydrogens is 194 g/mol. The summed E-state index contributed by atoms with van der Waals surface area (Å²) >= 11 is 0. The number of hydroxylamine groups is 1. The summed E-state index contributed by atoms with van der Waals surface area (Å²) in [6, 6.07) is 0. The van der Waals surface area contributed by atoms with E-state index >= 15 is 0 Å². The second-order valence-corrected chi connectivity index (χ2v) is 4.39. The lowest BCUT2D eigenvalue weighted by atomic mass is 10.2. The van der Waals surface area contributed by atoms with Gasteiger partial charge in [0.25, 0.3) is 0 Å². The van der Waals surface area contributed by atoms with E-state index in [0.717, 1.165) is 5.76 Å². The molecule has 1 aliphatic heterocycles. The van der Waals surface area contributed by atoms with Crippen LogP contribution in [0.4, 0.5) is 0 Å². The highest BCUT2D eigenvalue weighted by atomic mass is 16.7. The van der Waals surface area contributed by atoms with Crippen molar-refractivity contribution in [2.75, 3.05) is 14.2 Å². The van der Waals surface area contributed by atoms with Gasteiger partial charge in [-0.05, 0) is 20.8 Å². The quantitative estimate of drug-likeness (QED) is 0.713. The fraction of sp³-hybridized carbons (Fsp3) is 0.700. The number of hydrogen-bond donors (Lipinski definition) is 1. The van der Waals surface area contributed by atoms with Crippen LogP contribution >= 0.6 is 0 Å². The van der Waals surface area contributed by atoms with E-state index in [0.29, 0.717) is 0 Å². The molecule has 1 aliphatic rings. The van der Waals surface area contributed by atoms with Crippen LogP contribution < -0.4 is 5.48 Å². The standard InChI is InChI=1S/C10H19N3O2/c1-10(2,3)15-12-9-11-6-8(14-5)7-13(9)4/h6-7,9,12H,1-5H3. The molecule has 0 aromatic rings. The lowest BCUT2D eigenvalue weighted by Gasteiger charge is -2.30. The summed E-state index contributed by atoms with van der Waals surface area (Å²) in [5.41, 5.74) is 2.65. The van der Waals surface area contributed by atoms with Crippen molar-refractivity contribution >= 4 is 6.21 Å². The van der Waals surface area contributed by atoms with Gasteiger partial charge >= 0.3 is 0 Å². The Labute approximate surface area is 90.7 Å². The zero-order valence-corrected chi connectivity index (χ0v) is 9.94. The van der Waals surface area contributed by atoms with Crippen molar-refractivity contribution in [3.63, 3.8) is 0 Å². The summed E-state index contributed by atoms with van der Waals surface area (Å²) in [4.78, 5) is 11.5. The maximum Gasteiger partial charge on any atom is 0.197 e. The Balaban J connectivity index is 2.47. The van der Waals surface area contributed by atoms with E-state index in [4.69, 9.17) is 9.57 Å². The minimum atomic E-state index is -0.235. The van der Waals surface area contributed by atoms with Gasteiger partial charge in [0.05, 0.1) is 18.9 Å². The number of rotatable bonds is 3. The molecule has 1 heterocycles. The molecule has 0 aromatic carbocycles. The van der Waals surface area contributed by atoms with Crippen molar-refractivity contribution in [3.05, 3.63) is 12.0 Å². The Morgan fingerprint density at radius 2 is 2.13 bits per heavy atom. The Hall–Kier alpha value is -1.07. The molecule has 1 N–H and O–H groups in total. The number of allylic oxidation sites excluding steroid dienone is 1. The second-order valence-electron chi connectivity index (χ2n) is 4.39. The molecule has 86 valence electrons. The predicted octanol–water partition coefficient (Wildman–Crippen LogP) is 1.09. The van der Waals surface area contributed by atoms with E-state index in [9.17, 15) is 0 Å². The molecule has 15 heavy (non-hydrogen) atoms. The number of aliphatic imine (C=N–C) groups is 1. The predicted molar refractivity (Wildman–Crippen MR) is 59.1 cm³/mol. The molecule has 1 unspecified atom stereocenters. The summed E-state index contributed by atoms with van der Waals surface area (Å²) in [6.45, 7) is 5.93. The number of nitrogens with one attached hydrogen (secondary N) is 1. The van der Waals surface area contributed by atoms with Crippen molar-refractivity contribution in [1.82, 2.24) is 10.4 Å². The zero-order chi connectivity index (χ0) is 11.5. The summed E-state index contributed by atoms with van der Waals surface area (Å²) < 4.78 is 5.06. The van der Waals surface area contributed by atoms with Gasteiger partial charge in [0.2, 0.25) is 0 Å². The van der Waals surface area contributed by atoms with Gasteiger partial charge in [-0.1, -0.05) is 0 Å². The first-order valence-electron chi connectivity index (χ1n) is 4.87. The average molecular weight is 213 g/mol. The van der Waals surface area contributed by atoms with Crippen molar-refractivity contribution in [2.24, 2.45) is 4.99 Å². The molecule has 0 aromatic heterocycles. The lowest BCUT2D eigenvalue weighted by Crippen LogP contribution is -2.44. The molecule has 0 spiro atoms. The summed E-state index contributed by atoms with van der Waals surface area (Å²) in [7, 11) is 3.52. The third kappa shape index (κ3) is 3.89. The highest BCUT2D eigenvalue weighted by molar-refractivity contribution is 5.76. The molecule has 5 nitrogen and oxygen atoms in total. The topological polar surface area (TPSA) is 46.1 Å². The van der Waals surface area contributed by atoms with Gasteiger partial charge in [0, 0.05) is 13.2 Å². The van der Waals surface area contributed by atoms with E-state index < -0.39 is 0 Å². The van der Waals surface area contributed by atoms with E-state index in [1.54, 1.807) is 13.3 Å². The molecule has 5 heteroatoms. The van der Waals surface area contributed by atoms with Crippen LogP contribution in [0.2, 0.25) is 0 Å². The summed E-state index contributed by atoms with van der Waals surface area (Å²) in [6.07, 6.45) is 3.32. The Morgan fingerprint density at radius 1 is 1.47 bits per heavy atom. The highest BCUT2D eigenvalue weighted by Crippen LogP contribution is 2.09. The monoisotopic (exact) mass is 213 g/mol. The van der Waals surface area contributed by atoms with Crippen LogP contribution in [-0.2, 0) is 9.57 Å². The van der Waals surface area contributed by atoms with Crippen LogP contribution in [0.1, 0.15) is 20.8 Å². The maximum absolute atomic E-state index is 5.43. The minimum absolute atomic E-state index is 0.205. The van der Waals surface area contributed by atoms with Crippen LogP contribution in [0.25, 0.3) is 0 Å². The van der Waals surface area contributed by atoms with E-state index in [2.05, 4.69) is 10.5 Å². The van der Waals surface area contributed by atoms with Gasteiger partial charge in [-0.25, -0.2) is 4.99 Å². The Bertz CT molecular complexity index is 268. The fourth-order valence-corrected chi connectivity index (χ4v) is 1.00. The van der Waals surface area contributed by atoms with Crippen molar-refractivity contribution in [3.8, 4) is 0 Å². The average Bonchev–Trinajstić information content (AvgIpc) is 2.14.